The van der Waals surface area contributed by atoms with E-state index in [0.717, 1.165) is 126 Å². The number of rotatable bonds is 23. The summed E-state index contributed by atoms with van der Waals surface area (Å²) in [6, 6.07) is 73.7. The Morgan fingerprint density at radius 3 is 1.13 bits per heavy atom. The number of benzene rings is 9. The molecule has 9 aromatic rings. The smallest absolute Gasteiger partial charge is 0.399 e. The Kier molecular flexibility index (Phi) is 28.0. The second kappa shape index (κ2) is 35.6. The van der Waals surface area contributed by atoms with Gasteiger partial charge in [-0.3, -0.25) is 0 Å². The molecular weight excluding hydrogens is 1530 g/mol. The van der Waals surface area contributed by atoms with E-state index in [1.54, 1.807) is 0 Å². The molecule has 97 heavy (non-hydrogen) atoms. The summed E-state index contributed by atoms with van der Waals surface area (Å²) >= 11 is 17.4. The standard InChI is InChI=1S/C34H45B2NO4.C19H29BrO3.C18H12Br3N.C10H7Br/c1-10-11-12-25-13-19-28(20-14-25)37(29-21-15-26(16-22-29)35-38-31(2,3)32(4,5)39-35)30-23-17-27(18-24-30)36-40-33(6,7)34(8,9)41-36;1-2-19(15-23-16-19)14-22-12-6-4-3-5-11-21-13-17-7-9-18(20)10-8-17;19-13-1-7-16(8-2-13)22(17-9-3-14(20)4-10-17)18-11-5-15(21)6-12-18;11-10-7-3-5-8-4-1-2-6-9(8)10/h13-24H,10-12H2,1-9H3;7-10H,2-6,11-16H2,1H3;1-12H;1-7H. The van der Waals surface area contributed by atoms with E-state index in [2.05, 4.69) is 359 Å². The molecule has 3 fully saturated rings. The molecule has 0 unspecified atom stereocenters. The molecule has 0 saturated carbocycles. The number of aryl methyl sites for hydroxylation is 1. The van der Waals surface area contributed by atoms with Gasteiger partial charge in [-0.1, -0.05) is 198 Å². The van der Waals surface area contributed by atoms with Gasteiger partial charge in [0.15, 0.2) is 0 Å². The number of nitrogens with zero attached hydrogens (tertiary/aromatic N) is 2. The van der Waals surface area contributed by atoms with Crippen LogP contribution in [0.5, 0.6) is 0 Å². The Balaban J connectivity index is 0.000000167. The Bertz CT molecular complexity index is 3630. The van der Waals surface area contributed by atoms with Gasteiger partial charge in [0.25, 0.3) is 0 Å². The summed E-state index contributed by atoms with van der Waals surface area (Å²) in [6.45, 7) is 26.2. The molecule has 3 heterocycles. The van der Waals surface area contributed by atoms with E-state index in [0.29, 0.717) is 12.0 Å². The number of unbranched alkanes of at least 4 members (excludes halogenated alkanes) is 4. The third-order valence-electron chi connectivity index (χ3n) is 18.8. The topological polar surface area (TPSA) is 71.1 Å². The van der Waals surface area contributed by atoms with Crippen LogP contribution in [0.25, 0.3) is 10.8 Å². The van der Waals surface area contributed by atoms with E-state index < -0.39 is 0 Å². The normalized spacial score (nSPS) is 16.0. The highest BCUT2D eigenvalue weighted by Gasteiger charge is 2.53. The molecule has 3 saturated heterocycles. The molecule has 16 heteroatoms. The summed E-state index contributed by atoms with van der Waals surface area (Å²) < 4.78 is 47.5. The number of hydrogen-bond donors (Lipinski definition) is 0. The minimum atomic E-state index is -0.389. The van der Waals surface area contributed by atoms with Crippen LogP contribution >= 0.6 is 79.6 Å². The van der Waals surface area contributed by atoms with Gasteiger partial charge in [-0.05, 0) is 248 Å². The first-order valence-corrected chi connectivity index (χ1v) is 37.9. The van der Waals surface area contributed by atoms with Crippen molar-refractivity contribution in [2.24, 2.45) is 5.41 Å². The molecule has 0 radical (unpaired) electrons. The number of hydrogen-bond acceptors (Lipinski definition) is 9. The number of ether oxygens (including phenoxy) is 3. The van der Waals surface area contributed by atoms with Gasteiger partial charge in [-0.2, -0.15) is 0 Å². The number of fused-ring (bicyclic) bond motifs is 1. The van der Waals surface area contributed by atoms with Crippen LogP contribution in [-0.2, 0) is 45.9 Å². The molecule has 3 aliphatic heterocycles. The fraction of sp³-hybridized carbons (Fsp3) is 0.358. The van der Waals surface area contributed by atoms with E-state index in [1.165, 1.54) is 47.6 Å². The van der Waals surface area contributed by atoms with Crippen molar-refractivity contribution >= 4 is 150 Å². The van der Waals surface area contributed by atoms with Gasteiger partial charge < -0.3 is 42.6 Å². The van der Waals surface area contributed by atoms with Crippen LogP contribution in [0.2, 0.25) is 0 Å². The minimum absolute atomic E-state index is 0.320. The second-order valence-electron chi connectivity index (χ2n) is 27.2. The van der Waals surface area contributed by atoms with E-state index >= 15 is 0 Å². The minimum Gasteiger partial charge on any atom is -0.399 e. The van der Waals surface area contributed by atoms with Gasteiger partial charge in [0.1, 0.15) is 0 Å². The lowest BCUT2D eigenvalue weighted by Gasteiger charge is -2.40. The van der Waals surface area contributed by atoms with Gasteiger partial charge in [0.05, 0.1) is 48.8 Å². The monoisotopic (exact) mass is 1620 g/mol. The maximum atomic E-state index is 6.30. The first-order valence-electron chi connectivity index (χ1n) is 34.0. The molecule has 510 valence electrons. The van der Waals surface area contributed by atoms with Crippen LogP contribution in [0.4, 0.5) is 34.1 Å². The van der Waals surface area contributed by atoms with Gasteiger partial charge in [0, 0.05) is 75.1 Å². The van der Waals surface area contributed by atoms with Gasteiger partial charge in [-0.25, -0.2) is 0 Å². The molecule has 9 nitrogen and oxygen atoms in total. The summed E-state index contributed by atoms with van der Waals surface area (Å²) in [6.07, 6.45) is 9.35. The third kappa shape index (κ3) is 21.1. The van der Waals surface area contributed by atoms with Crippen molar-refractivity contribution in [2.45, 2.75) is 150 Å². The van der Waals surface area contributed by atoms with Crippen LogP contribution < -0.4 is 20.7 Å². The molecule has 0 aliphatic carbocycles. The summed E-state index contributed by atoms with van der Waals surface area (Å²) in [4.78, 5) is 4.51. The first-order chi connectivity index (χ1) is 46.5. The molecule has 0 amide bonds. The maximum absolute atomic E-state index is 6.30. The molecule has 0 atom stereocenters. The SMILES string of the molecule is Brc1ccc(N(c2ccc(Br)cc2)c2ccc(Br)cc2)cc1.Brc1cccc2ccccc12.CCC1(COCCCCCCOCc2ccc(Br)cc2)COC1.CCCCc1ccc(N(c2ccc(B3OC(C)(C)C(C)(C)O3)cc2)c2ccc(B3OC(C)(C)C(C)(C)O3)cc2)cc1. The van der Waals surface area contributed by atoms with Gasteiger partial charge in [-0.15, -0.1) is 0 Å². The molecule has 3 aliphatic rings. The second-order valence-corrected chi connectivity index (χ2v) is 31.7. The Labute approximate surface area is 621 Å². The van der Waals surface area contributed by atoms with Crippen LogP contribution in [0.3, 0.4) is 0 Å². The largest absolute Gasteiger partial charge is 0.494 e. The van der Waals surface area contributed by atoms with Crippen molar-refractivity contribution in [2.75, 3.05) is 42.8 Å². The predicted octanol–water partition coefficient (Wildman–Crippen LogP) is 23.1. The predicted molar refractivity (Wildman–Crippen MR) is 424 cm³/mol. The summed E-state index contributed by atoms with van der Waals surface area (Å²) in [5, 5.41) is 2.55. The fourth-order valence-electron chi connectivity index (χ4n) is 11.2. The molecular formula is C81H93B2Br5N2O7. The average molecular weight is 1630 g/mol. The van der Waals surface area contributed by atoms with Crippen molar-refractivity contribution in [3.05, 3.63) is 246 Å². The highest BCUT2D eigenvalue weighted by molar-refractivity contribution is 9.11. The van der Waals surface area contributed by atoms with Crippen LogP contribution in [0, 0.1) is 5.41 Å². The van der Waals surface area contributed by atoms with Crippen molar-refractivity contribution in [1.29, 1.82) is 0 Å². The summed E-state index contributed by atoms with van der Waals surface area (Å²) in [5.74, 6) is 0. The third-order valence-corrected chi connectivity index (χ3v) is 21.6. The highest BCUT2D eigenvalue weighted by Crippen LogP contribution is 2.41. The Morgan fingerprint density at radius 1 is 0.392 bits per heavy atom. The zero-order valence-electron chi connectivity index (χ0n) is 57.9. The zero-order chi connectivity index (χ0) is 69.2. The first kappa shape index (κ1) is 76.3. The van der Waals surface area contributed by atoms with E-state index in [-0.39, 0.29) is 36.6 Å². The molecule has 0 spiro atoms. The maximum Gasteiger partial charge on any atom is 0.494 e. The van der Waals surface area contributed by atoms with Crippen LogP contribution in [-0.4, -0.2) is 69.7 Å². The fourth-order valence-corrected chi connectivity index (χ4v) is 12.7. The average Bonchev–Trinajstić information content (AvgIpc) is 1.67. The summed E-state index contributed by atoms with van der Waals surface area (Å²) in [5.41, 5.74) is 10.0. The van der Waals surface area contributed by atoms with Crippen molar-refractivity contribution in [3.8, 4) is 0 Å². The quantitative estimate of drug-likeness (QED) is 0.0460. The zero-order valence-corrected chi connectivity index (χ0v) is 65.8. The molecule has 12 rings (SSSR count). The van der Waals surface area contributed by atoms with Crippen LogP contribution in [0.1, 0.15) is 125 Å². The van der Waals surface area contributed by atoms with Crippen molar-refractivity contribution in [3.63, 3.8) is 0 Å². The summed E-state index contributed by atoms with van der Waals surface area (Å²) in [7, 11) is -0.779. The lowest BCUT2D eigenvalue weighted by molar-refractivity contribution is -0.150. The molecule has 0 aromatic heterocycles. The lowest BCUT2D eigenvalue weighted by Crippen LogP contribution is -2.45. The Morgan fingerprint density at radius 2 is 0.753 bits per heavy atom. The Hall–Kier alpha value is -4.91. The lowest BCUT2D eigenvalue weighted by atomic mass is 9.79. The molecule has 0 N–H and O–H groups in total. The van der Waals surface area contributed by atoms with E-state index in [4.69, 9.17) is 32.8 Å². The number of anilines is 6. The van der Waals surface area contributed by atoms with Gasteiger partial charge in [0.2, 0.25) is 0 Å². The van der Waals surface area contributed by atoms with Crippen molar-refractivity contribution < 1.29 is 32.8 Å². The van der Waals surface area contributed by atoms with Crippen molar-refractivity contribution in [1.82, 2.24) is 0 Å². The van der Waals surface area contributed by atoms with E-state index in [9.17, 15) is 0 Å². The number of halogens is 5. The molecule has 9 aromatic carbocycles. The van der Waals surface area contributed by atoms with Crippen LogP contribution in [0.15, 0.2) is 235 Å². The van der Waals surface area contributed by atoms with E-state index in [1.807, 2.05) is 12.1 Å². The highest BCUT2D eigenvalue weighted by atomic mass is 79.9. The molecule has 0 bridgehead atoms. The van der Waals surface area contributed by atoms with Gasteiger partial charge >= 0.3 is 14.2 Å².